The summed E-state index contributed by atoms with van der Waals surface area (Å²) in [6, 6.07) is 9.49. The fourth-order valence-electron chi connectivity index (χ4n) is 3.11. The van der Waals surface area contributed by atoms with E-state index in [2.05, 4.69) is 20.6 Å². The van der Waals surface area contributed by atoms with Crippen LogP contribution in [0.2, 0.25) is 15.1 Å². The van der Waals surface area contributed by atoms with Gasteiger partial charge in [0.25, 0.3) is 17.5 Å². The van der Waals surface area contributed by atoms with Gasteiger partial charge < -0.3 is 5.32 Å². The molecule has 0 fully saturated rings. The molecular weight excluding hydrogens is 483 g/mol. The topological polar surface area (TPSA) is 134 Å². The lowest BCUT2D eigenvalue weighted by atomic mass is 10.0. The van der Waals surface area contributed by atoms with E-state index < -0.39 is 22.7 Å². The zero-order valence-corrected chi connectivity index (χ0v) is 18.0. The predicted octanol–water partition coefficient (Wildman–Crippen LogP) is 4.15. The van der Waals surface area contributed by atoms with Gasteiger partial charge in [-0.3, -0.25) is 24.8 Å². The van der Waals surface area contributed by atoms with E-state index in [4.69, 9.17) is 34.8 Å². The third kappa shape index (κ3) is 4.03. The van der Waals surface area contributed by atoms with E-state index in [1.807, 2.05) is 0 Å². The first-order chi connectivity index (χ1) is 15.3. The van der Waals surface area contributed by atoms with Gasteiger partial charge in [-0.25, -0.2) is 0 Å². The van der Waals surface area contributed by atoms with Crippen molar-refractivity contribution in [1.29, 1.82) is 0 Å². The number of amides is 2. The number of non-ortho nitro benzene ring substituents is 1. The SMILES string of the molecule is O=C(NC1=NN(c2c(Cl)cc(Cl)cc2Cl)C(=O)C1c1ccn[nH]1)c1cccc([N+](=O)[O-])c1. The molecule has 1 atom stereocenters. The van der Waals surface area contributed by atoms with E-state index >= 15 is 0 Å². The van der Waals surface area contributed by atoms with Crippen molar-refractivity contribution in [2.24, 2.45) is 5.10 Å². The third-order valence-corrected chi connectivity index (χ3v) is 5.32. The molecule has 4 rings (SSSR count). The highest BCUT2D eigenvalue weighted by Crippen LogP contribution is 2.40. The zero-order chi connectivity index (χ0) is 23.0. The molecule has 2 amide bonds. The lowest BCUT2D eigenvalue weighted by Crippen LogP contribution is -2.35. The van der Waals surface area contributed by atoms with Crippen LogP contribution in [0, 0.1) is 10.1 Å². The van der Waals surface area contributed by atoms with Crippen LogP contribution in [-0.4, -0.2) is 32.8 Å². The first-order valence-corrected chi connectivity index (χ1v) is 10.0. The highest BCUT2D eigenvalue weighted by atomic mass is 35.5. The number of carbonyl (C=O) groups excluding carboxylic acids is 2. The molecule has 1 aromatic heterocycles. The van der Waals surface area contributed by atoms with Gasteiger partial charge in [-0.15, -0.1) is 0 Å². The van der Waals surface area contributed by atoms with Crippen LogP contribution in [0.25, 0.3) is 0 Å². The molecule has 0 spiro atoms. The average Bonchev–Trinajstić information content (AvgIpc) is 3.36. The Bertz CT molecular complexity index is 1250. The average molecular weight is 494 g/mol. The highest BCUT2D eigenvalue weighted by molar-refractivity contribution is 6.43. The fraction of sp³-hybridized carbons (Fsp3) is 0.0526. The summed E-state index contributed by atoms with van der Waals surface area (Å²) in [5, 5.41) is 25.7. The molecule has 32 heavy (non-hydrogen) atoms. The normalized spacial score (nSPS) is 15.6. The number of hydrogen-bond acceptors (Lipinski definition) is 6. The second-order valence-corrected chi connectivity index (χ2v) is 7.81. The molecule has 0 radical (unpaired) electrons. The molecule has 10 nitrogen and oxygen atoms in total. The Balaban J connectivity index is 1.73. The van der Waals surface area contributed by atoms with E-state index in [1.165, 1.54) is 36.5 Å². The van der Waals surface area contributed by atoms with Crippen molar-refractivity contribution in [3.05, 3.63) is 85.1 Å². The van der Waals surface area contributed by atoms with E-state index in [9.17, 15) is 19.7 Å². The van der Waals surface area contributed by atoms with Crippen molar-refractivity contribution < 1.29 is 14.5 Å². The van der Waals surface area contributed by atoms with Crippen LogP contribution in [0.15, 0.2) is 53.8 Å². The molecule has 0 saturated carbocycles. The number of aromatic amines is 1. The van der Waals surface area contributed by atoms with Crippen LogP contribution in [0.4, 0.5) is 11.4 Å². The van der Waals surface area contributed by atoms with E-state index in [0.29, 0.717) is 5.69 Å². The summed E-state index contributed by atoms with van der Waals surface area (Å²) < 4.78 is 0. The molecule has 3 aromatic rings. The predicted molar refractivity (Wildman–Crippen MR) is 118 cm³/mol. The van der Waals surface area contributed by atoms with Crippen LogP contribution in [0.1, 0.15) is 22.0 Å². The quantitative estimate of drug-likeness (QED) is 0.416. The first-order valence-electron chi connectivity index (χ1n) is 8.88. The van der Waals surface area contributed by atoms with E-state index in [1.54, 1.807) is 6.07 Å². The van der Waals surface area contributed by atoms with Crippen LogP contribution in [-0.2, 0) is 4.79 Å². The summed E-state index contributed by atoms with van der Waals surface area (Å²) >= 11 is 18.4. The number of rotatable bonds is 4. The minimum atomic E-state index is -1.05. The summed E-state index contributed by atoms with van der Waals surface area (Å²) in [5.41, 5.74) is 0.205. The monoisotopic (exact) mass is 492 g/mol. The number of amidine groups is 1. The Morgan fingerprint density at radius 2 is 1.88 bits per heavy atom. The van der Waals surface area contributed by atoms with Gasteiger partial charge in [0.15, 0.2) is 0 Å². The molecule has 1 aliphatic rings. The lowest BCUT2D eigenvalue weighted by Gasteiger charge is -2.16. The van der Waals surface area contributed by atoms with Crippen LogP contribution in [0.5, 0.6) is 0 Å². The molecule has 13 heteroatoms. The van der Waals surface area contributed by atoms with Crippen LogP contribution < -0.4 is 10.3 Å². The Kier molecular flexibility index (Phi) is 5.83. The van der Waals surface area contributed by atoms with Crippen molar-refractivity contribution in [2.75, 3.05) is 5.01 Å². The first kappa shape index (κ1) is 21.8. The molecule has 0 bridgehead atoms. The number of aromatic nitrogens is 2. The minimum absolute atomic E-state index is 0.0127. The number of carbonyl (C=O) groups is 2. The number of benzene rings is 2. The molecule has 2 aromatic carbocycles. The van der Waals surface area contributed by atoms with Crippen molar-refractivity contribution in [1.82, 2.24) is 15.5 Å². The number of halogens is 3. The summed E-state index contributed by atoms with van der Waals surface area (Å²) in [7, 11) is 0. The molecule has 1 aliphatic heterocycles. The van der Waals surface area contributed by atoms with Gasteiger partial charge in [-0.05, 0) is 24.3 Å². The molecule has 0 saturated heterocycles. The molecule has 162 valence electrons. The number of hydrogen-bond donors (Lipinski definition) is 2. The van der Waals surface area contributed by atoms with Gasteiger partial charge in [-0.2, -0.15) is 15.2 Å². The molecule has 2 N–H and O–H groups in total. The smallest absolute Gasteiger partial charge is 0.270 e. The number of anilines is 1. The highest BCUT2D eigenvalue weighted by Gasteiger charge is 2.41. The Labute approximate surface area is 194 Å². The third-order valence-electron chi connectivity index (χ3n) is 4.52. The summed E-state index contributed by atoms with van der Waals surface area (Å²) in [6.07, 6.45) is 1.44. The van der Waals surface area contributed by atoms with Crippen molar-refractivity contribution in [3.8, 4) is 0 Å². The standard InChI is InChI=1S/C19H11Cl3N6O4/c20-10-7-12(21)16(13(22)8-10)27-19(30)15(14-4-5-23-25-14)17(26-27)24-18(29)9-2-1-3-11(6-9)28(31)32/h1-8,15H,(H,23,25)(H,24,26,29). The Morgan fingerprint density at radius 1 is 1.16 bits per heavy atom. The molecular formula is C19H11Cl3N6O4. The van der Waals surface area contributed by atoms with Crippen molar-refractivity contribution in [2.45, 2.75) is 5.92 Å². The second-order valence-electron chi connectivity index (χ2n) is 6.56. The van der Waals surface area contributed by atoms with E-state index in [0.717, 1.165) is 11.1 Å². The number of nitrogens with zero attached hydrogens (tertiary/aromatic N) is 4. The Morgan fingerprint density at radius 3 is 2.50 bits per heavy atom. The maximum atomic E-state index is 13.2. The lowest BCUT2D eigenvalue weighted by molar-refractivity contribution is -0.384. The second kappa shape index (κ2) is 8.58. The van der Waals surface area contributed by atoms with Gasteiger partial charge in [0.2, 0.25) is 0 Å². The van der Waals surface area contributed by atoms with Crippen molar-refractivity contribution >= 4 is 63.8 Å². The number of nitro benzene ring substituents is 1. The van der Waals surface area contributed by atoms with Gasteiger partial charge in [0.05, 0.1) is 20.7 Å². The maximum absolute atomic E-state index is 13.2. The number of nitrogens with one attached hydrogen (secondary N) is 2. The molecule has 1 unspecified atom stereocenters. The van der Waals surface area contributed by atoms with Crippen molar-refractivity contribution in [3.63, 3.8) is 0 Å². The number of hydrazone groups is 1. The molecule has 0 aliphatic carbocycles. The fourth-order valence-corrected chi connectivity index (χ4v) is 4.08. The largest absolute Gasteiger partial charge is 0.308 e. The number of H-pyrrole nitrogens is 1. The van der Waals surface area contributed by atoms with E-state index in [-0.39, 0.29) is 37.8 Å². The maximum Gasteiger partial charge on any atom is 0.270 e. The van der Waals surface area contributed by atoms with Gasteiger partial charge in [0, 0.05) is 28.9 Å². The summed E-state index contributed by atoms with van der Waals surface area (Å²) in [6.45, 7) is 0. The number of nitro groups is 1. The van der Waals surface area contributed by atoms with Gasteiger partial charge in [-0.1, -0.05) is 40.9 Å². The van der Waals surface area contributed by atoms with Crippen LogP contribution in [0.3, 0.4) is 0 Å². The molecule has 2 heterocycles. The minimum Gasteiger partial charge on any atom is -0.308 e. The van der Waals surface area contributed by atoms with Gasteiger partial charge in [0.1, 0.15) is 17.4 Å². The summed E-state index contributed by atoms with van der Waals surface area (Å²) in [5.74, 6) is -2.35. The Hall–Kier alpha value is -3.47. The summed E-state index contributed by atoms with van der Waals surface area (Å²) in [4.78, 5) is 36.4. The van der Waals surface area contributed by atoms with Gasteiger partial charge >= 0.3 is 0 Å². The van der Waals surface area contributed by atoms with Crippen LogP contribution >= 0.6 is 34.8 Å². The zero-order valence-electron chi connectivity index (χ0n) is 15.8.